The molecular weight excluding hydrogens is 699 g/mol. The molecule has 1 unspecified atom stereocenters. The van der Waals surface area contributed by atoms with Gasteiger partial charge in [0, 0.05) is 36.0 Å². The van der Waals surface area contributed by atoms with Crippen LogP contribution in [-0.4, -0.2) is 40.8 Å². The monoisotopic (exact) mass is 754 g/mol. The summed E-state index contributed by atoms with van der Waals surface area (Å²) in [6, 6.07) is 0. The van der Waals surface area contributed by atoms with Gasteiger partial charge in [0.05, 0.1) is 11.8 Å². The molecule has 0 saturated heterocycles. The Morgan fingerprint density at radius 1 is 0.902 bits per heavy atom. The second-order valence-corrected chi connectivity index (χ2v) is 16.0. The number of hydrogen-bond donors (Lipinski definition) is 2. The maximum atomic E-state index is 13.8. The van der Waals surface area contributed by atoms with E-state index in [1.807, 2.05) is 39.8 Å². The fourth-order valence-electron chi connectivity index (χ4n) is 6.47. The van der Waals surface area contributed by atoms with Crippen LogP contribution in [0.3, 0.4) is 0 Å². The zero-order valence-electron chi connectivity index (χ0n) is 30.9. The molecule has 2 rings (SSSR count). The minimum absolute atomic E-state index is 0.00267. The third-order valence-electron chi connectivity index (χ3n) is 9.02. The SMILES string of the molecule is CCCCCCCCC1C2=CC(=O)C=C(NC(=O)/C(C)=C/C=C\[C@H](C)[C@@H](OC(C)=O)/C(C)=C/[C@H](C)[C@@H](O)[C@@H](C)C[C@@H]1C)C2=O.F[P-](F)(F)(F)(F)F. The third kappa shape index (κ3) is 18.8. The Bertz CT molecular complexity index is 1410. The van der Waals surface area contributed by atoms with E-state index >= 15 is 0 Å². The van der Waals surface area contributed by atoms with Gasteiger partial charge in [-0.15, -0.1) is 0 Å². The number of ether oxygens (including phenoxy) is 1. The van der Waals surface area contributed by atoms with E-state index in [1.165, 1.54) is 38.3 Å². The van der Waals surface area contributed by atoms with Crippen LogP contribution in [0.15, 0.2) is 58.9 Å². The number of Topliss-reactive ketones (excluding diaryl/α,β-unsaturated/α-hetero) is 1. The molecule has 51 heavy (non-hydrogen) atoms. The second-order valence-electron chi connectivity index (χ2n) is 14.0. The number of rotatable bonds is 8. The fraction of sp³-hybridized carbons (Fsp3) is 0.622. The van der Waals surface area contributed by atoms with Gasteiger partial charge in [-0.2, -0.15) is 0 Å². The van der Waals surface area contributed by atoms with E-state index in [0.29, 0.717) is 17.6 Å². The van der Waals surface area contributed by atoms with Crippen LogP contribution >= 0.6 is 7.81 Å². The molecule has 0 aromatic carbocycles. The van der Waals surface area contributed by atoms with Crippen molar-refractivity contribution >= 4 is 31.3 Å². The van der Waals surface area contributed by atoms with Crippen LogP contribution in [0.25, 0.3) is 0 Å². The molecule has 0 aromatic rings. The molecule has 2 bridgehead atoms. The first kappa shape index (κ1) is 46.0. The molecule has 7 nitrogen and oxygen atoms in total. The van der Waals surface area contributed by atoms with Gasteiger partial charge < -0.3 is 15.2 Å². The van der Waals surface area contributed by atoms with Crippen LogP contribution in [-0.2, 0) is 23.9 Å². The van der Waals surface area contributed by atoms with Crippen LogP contribution in [0.1, 0.15) is 107 Å². The topological polar surface area (TPSA) is 110 Å². The van der Waals surface area contributed by atoms with Crippen LogP contribution in [0, 0.1) is 29.6 Å². The van der Waals surface area contributed by atoms with Crippen molar-refractivity contribution in [1.82, 2.24) is 5.32 Å². The Labute approximate surface area is 298 Å². The molecular formula is C37H55F6NO6P-. The normalized spacial score (nSPS) is 31.1. The Hall–Kier alpha value is -3.05. The molecule has 1 heterocycles. The summed E-state index contributed by atoms with van der Waals surface area (Å²) in [5, 5.41) is 14.1. The Balaban J connectivity index is 0.00000167. The van der Waals surface area contributed by atoms with Gasteiger partial charge >= 0.3 is 39.0 Å². The molecule has 292 valence electrons. The number of amides is 1. The third-order valence-corrected chi connectivity index (χ3v) is 9.02. The maximum absolute atomic E-state index is 13.8. The molecule has 1 aliphatic heterocycles. The van der Waals surface area contributed by atoms with Gasteiger partial charge in [0.25, 0.3) is 5.91 Å². The van der Waals surface area contributed by atoms with Gasteiger partial charge in [0.15, 0.2) is 5.78 Å². The number of nitrogens with one attached hydrogen (secondary N) is 1. The first-order chi connectivity index (χ1) is 23.2. The van der Waals surface area contributed by atoms with E-state index in [2.05, 4.69) is 19.2 Å². The second kappa shape index (κ2) is 18.6. The number of carbonyl (C=O) groups excluding carboxylic acids is 4. The quantitative estimate of drug-likeness (QED) is 0.0638. The van der Waals surface area contributed by atoms with Crippen molar-refractivity contribution < 1.29 is 54.2 Å². The number of aliphatic hydroxyl groups is 1. The summed E-state index contributed by atoms with van der Waals surface area (Å²) in [4.78, 5) is 51.6. The van der Waals surface area contributed by atoms with Crippen molar-refractivity contribution in [2.24, 2.45) is 29.6 Å². The van der Waals surface area contributed by atoms with Gasteiger partial charge in [-0.05, 0) is 56.1 Å². The van der Waals surface area contributed by atoms with E-state index in [1.54, 1.807) is 19.1 Å². The van der Waals surface area contributed by atoms with E-state index in [0.717, 1.165) is 31.3 Å². The average molecular weight is 755 g/mol. The number of ketones is 2. The van der Waals surface area contributed by atoms with E-state index < -0.39 is 31.9 Å². The summed E-state index contributed by atoms with van der Waals surface area (Å²) in [5.41, 5.74) is 1.65. The minimum atomic E-state index is -10.7. The van der Waals surface area contributed by atoms with Crippen molar-refractivity contribution in [2.45, 2.75) is 119 Å². The number of esters is 1. The number of fused-ring (bicyclic) bond motifs is 2. The number of hydrogen-bond acceptors (Lipinski definition) is 6. The van der Waals surface area contributed by atoms with Crippen LogP contribution < -0.4 is 5.32 Å². The molecule has 0 radical (unpaired) electrons. The zero-order chi connectivity index (χ0) is 39.4. The molecule has 2 aliphatic rings. The molecule has 14 heteroatoms. The van der Waals surface area contributed by atoms with E-state index in [9.17, 15) is 49.5 Å². The number of allylic oxidation sites excluding steroid dienone is 5. The van der Waals surface area contributed by atoms with Crippen molar-refractivity contribution in [2.75, 3.05) is 0 Å². The summed E-state index contributed by atoms with van der Waals surface area (Å²) in [5.74, 6) is -2.18. The molecule has 1 aliphatic carbocycles. The molecule has 7 atom stereocenters. The fourth-order valence-corrected chi connectivity index (χ4v) is 6.47. The number of aliphatic hydroxyl groups excluding tert-OH is 1. The predicted octanol–water partition coefficient (Wildman–Crippen LogP) is 10.5. The van der Waals surface area contributed by atoms with Crippen LogP contribution in [0.2, 0.25) is 0 Å². The molecule has 0 aromatic heterocycles. The van der Waals surface area contributed by atoms with Crippen molar-refractivity contribution in [1.29, 1.82) is 0 Å². The van der Waals surface area contributed by atoms with Gasteiger partial charge in [0.1, 0.15) is 6.10 Å². The molecule has 0 saturated carbocycles. The first-order valence-corrected chi connectivity index (χ1v) is 19.5. The summed E-state index contributed by atoms with van der Waals surface area (Å²) in [7, 11) is -10.7. The summed E-state index contributed by atoms with van der Waals surface area (Å²) in [6.45, 7) is 15.1. The van der Waals surface area contributed by atoms with Gasteiger partial charge in [-0.25, -0.2) is 0 Å². The number of unbranched alkanes of at least 4 members (excludes halogenated alkanes) is 5. The molecule has 2 N–H and O–H groups in total. The standard InChI is InChI=1S/C37H55NO6.F6P/c1-9-10-11-12-13-14-18-31-25(4)19-26(5)34(41)27(6)20-28(7)36(44-29(8)39)23(2)16-15-17-24(3)37(43)38-33-22-30(40)21-32(31)35(33)42;1-7(2,3,4,5)6/h15-17,20-23,25-27,31,34,36,41H,9-14,18-19H2,1-8H3,(H,38,43);/q;-1/b16-15-,24-17+,28-20+;/t23-,25-,26-,27-,31?,34-,36+;/m0./s1. The van der Waals surface area contributed by atoms with Crippen LogP contribution in [0.5, 0.6) is 0 Å². The van der Waals surface area contributed by atoms with Gasteiger partial charge in [-0.3, -0.25) is 19.2 Å². The first-order valence-electron chi connectivity index (χ1n) is 17.5. The molecule has 0 spiro atoms. The summed E-state index contributed by atoms with van der Waals surface area (Å²) in [6.07, 6.45) is 16.7. The van der Waals surface area contributed by atoms with E-state index in [4.69, 9.17) is 4.74 Å². The Morgan fingerprint density at radius 2 is 1.47 bits per heavy atom. The Kier molecular flexibility index (Phi) is 16.8. The van der Waals surface area contributed by atoms with Crippen molar-refractivity contribution in [3.05, 3.63) is 58.9 Å². The van der Waals surface area contributed by atoms with Crippen LogP contribution in [0.4, 0.5) is 25.2 Å². The van der Waals surface area contributed by atoms with E-state index in [-0.39, 0.29) is 46.9 Å². The molecule has 0 fully saturated rings. The number of carbonyl (C=O) groups is 4. The summed E-state index contributed by atoms with van der Waals surface area (Å²) < 4.78 is 64.9. The van der Waals surface area contributed by atoms with Gasteiger partial charge in [-0.1, -0.05) is 97.4 Å². The molecule has 1 amide bonds. The predicted molar refractivity (Wildman–Crippen MR) is 189 cm³/mol. The van der Waals surface area contributed by atoms with Gasteiger partial charge in [0.2, 0.25) is 5.78 Å². The van der Waals surface area contributed by atoms with Crippen molar-refractivity contribution in [3.8, 4) is 0 Å². The zero-order valence-corrected chi connectivity index (χ0v) is 31.8. The number of halogens is 6. The summed E-state index contributed by atoms with van der Waals surface area (Å²) >= 11 is 0. The Morgan fingerprint density at radius 3 is 2.04 bits per heavy atom. The van der Waals surface area contributed by atoms with Crippen molar-refractivity contribution in [3.63, 3.8) is 0 Å². The average Bonchev–Trinajstić information content (AvgIpc) is 2.98.